The minimum absolute atomic E-state index is 0.0430. The monoisotopic (exact) mass is 348 g/mol. The van der Waals surface area contributed by atoms with Crippen molar-refractivity contribution in [1.82, 2.24) is 5.32 Å². The molecule has 25 heavy (non-hydrogen) atoms. The Hall–Kier alpha value is -1.55. The number of nitrogens with two attached hydrogens (primary N) is 1. The van der Waals surface area contributed by atoms with Gasteiger partial charge in [0.2, 0.25) is 5.91 Å². The molecule has 0 aromatic heterocycles. The van der Waals surface area contributed by atoms with E-state index in [0.717, 1.165) is 28.9 Å². The molecule has 142 valence electrons. The quantitative estimate of drug-likeness (QED) is 0.772. The van der Waals surface area contributed by atoms with Crippen LogP contribution in [0.5, 0.6) is 5.75 Å². The highest BCUT2D eigenvalue weighted by molar-refractivity contribution is 5.79. The molecule has 1 amide bonds. The van der Waals surface area contributed by atoms with Crippen molar-refractivity contribution < 1.29 is 9.53 Å². The summed E-state index contributed by atoms with van der Waals surface area (Å²) in [5, 5.41) is 2.95. The molecular formula is C21H36N2O2. The number of amides is 1. The van der Waals surface area contributed by atoms with Gasteiger partial charge in [0.25, 0.3) is 0 Å². The zero-order chi connectivity index (χ0) is 19.4. The summed E-state index contributed by atoms with van der Waals surface area (Å²) >= 11 is 0. The van der Waals surface area contributed by atoms with Crippen molar-refractivity contribution in [3.63, 3.8) is 0 Å². The average molecular weight is 349 g/mol. The number of nitrogens with one attached hydrogen (secondary N) is 1. The van der Waals surface area contributed by atoms with Crippen LogP contribution < -0.4 is 15.8 Å². The van der Waals surface area contributed by atoms with Crippen LogP contribution in [0.1, 0.15) is 70.2 Å². The third-order valence-electron chi connectivity index (χ3n) is 4.46. The van der Waals surface area contributed by atoms with E-state index in [1.165, 1.54) is 5.56 Å². The van der Waals surface area contributed by atoms with Crippen molar-refractivity contribution in [2.45, 2.75) is 72.1 Å². The van der Waals surface area contributed by atoms with Crippen molar-refractivity contribution in [2.75, 3.05) is 20.2 Å². The van der Waals surface area contributed by atoms with E-state index in [1.54, 1.807) is 7.11 Å². The minimum Gasteiger partial charge on any atom is -0.496 e. The molecule has 0 saturated carbocycles. The summed E-state index contributed by atoms with van der Waals surface area (Å²) in [5.74, 6) is 0.992. The molecule has 0 radical (unpaired) electrons. The van der Waals surface area contributed by atoms with Crippen LogP contribution in [-0.2, 0) is 22.0 Å². The Morgan fingerprint density at radius 3 is 2.20 bits per heavy atom. The van der Waals surface area contributed by atoms with E-state index in [2.05, 4.69) is 59.8 Å². The Labute approximate surface area is 153 Å². The molecule has 0 spiro atoms. The minimum atomic E-state index is -0.0680. The first-order valence-corrected chi connectivity index (χ1v) is 9.11. The lowest BCUT2D eigenvalue weighted by atomic mass is 9.75. The first-order valence-electron chi connectivity index (χ1n) is 9.11. The maximum absolute atomic E-state index is 12.3. The van der Waals surface area contributed by atoms with E-state index in [0.29, 0.717) is 19.5 Å². The summed E-state index contributed by atoms with van der Waals surface area (Å²) in [7, 11) is 1.73. The number of ether oxygens (including phenoxy) is 1. The van der Waals surface area contributed by atoms with Gasteiger partial charge in [-0.2, -0.15) is 0 Å². The van der Waals surface area contributed by atoms with Crippen LogP contribution in [0.4, 0.5) is 0 Å². The predicted octanol–water partition coefficient (Wildman–Crippen LogP) is 3.61. The second-order valence-corrected chi connectivity index (χ2v) is 8.79. The largest absolute Gasteiger partial charge is 0.496 e. The summed E-state index contributed by atoms with van der Waals surface area (Å²) in [6, 6.07) is 2.14. The van der Waals surface area contributed by atoms with E-state index in [9.17, 15) is 4.79 Å². The Morgan fingerprint density at radius 1 is 1.16 bits per heavy atom. The Morgan fingerprint density at radius 2 is 1.76 bits per heavy atom. The van der Waals surface area contributed by atoms with E-state index in [-0.39, 0.29) is 16.7 Å². The van der Waals surface area contributed by atoms with Gasteiger partial charge in [-0.05, 0) is 41.8 Å². The highest BCUT2D eigenvalue weighted by atomic mass is 16.5. The van der Waals surface area contributed by atoms with E-state index < -0.39 is 0 Å². The van der Waals surface area contributed by atoms with Crippen molar-refractivity contribution in [3.8, 4) is 5.75 Å². The lowest BCUT2D eigenvalue weighted by Crippen LogP contribution is -2.28. The second-order valence-electron chi connectivity index (χ2n) is 8.79. The zero-order valence-electron chi connectivity index (χ0n) is 17.3. The van der Waals surface area contributed by atoms with Gasteiger partial charge >= 0.3 is 0 Å². The summed E-state index contributed by atoms with van der Waals surface area (Å²) in [6.07, 6.45) is 1.18. The SMILES string of the molecule is COc1c(C(C)(C)C)cc(CC(=O)NCCCN)c(C)c1C(C)(C)C. The van der Waals surface area contributed by atoms with E-state index in [1.807, 2.05) is 0 Å². The van der Waals surface area contributed by atoms with Crippen molar-refractivity contribution >= 4 is 5.91 Å². The topological polar surface area (TPSA) is 64.3 Å². The molecule has 0 unspecified atom stereocenters. The van der Waals surface area contributed by atoms with Gasteiger partial charge < -0.3 is 15.8 Å². The van der Waals surface area contributed by atoms with Crippen LogP contribution in [-0.4, -0.2) is 26.1 Å². The molecule has 0 bridgehead atoms. The van der Waals surface area contributed by atoms with Gasteiger partial charge in [0, 0.05) is 17.7 Å². The summed E-state index contributed by atoms with van der Waals surface area (Å²) in [5.41, 5.74) is 9.91. The Bertz CT molecular complexity index is 608. The Kier molecular flexibility index (Phi) is 7.07. The molecule has 4 heteroatoms. The molecule has 0 saturated heterocycles. The molecule has 1 aromatic rings. The number of rotatable bonds is 6. The maximum Gasteiger partial charge on any atom is 0.224 e. The first-order chi connectivity index (χ1) is 11.4. The van der Waals surface area contributed by atoms with Crippen LogP contribution in [0, 0.1) is 6.92 Å². The number of hydrogen-bond acceptors (Lipinski definition) is 3. The van der Waals surface area contributed by atoms with Gasteiger partial charge in [0.1, 0.15) is 5.75 Å². The molecule has 0 aliphatic carbocycles. The molecule has 0 heterocycles. The normalized spacial score (nSPS) is 12.2. The fourth-order valence-corrected chi connectivity index (χ4v) is 3.23. The summed E-state index contributed by atoms with van der Waals surface area (Å²) in [4.78, 5) is 12.3. The second kappa shape index (κ2) is 8.22. The molecule has 4 nitrogen and oxygen atoms in total. The van der Waals surface area contributed by atoms with Crippen molar-refractivity contribution in [2.24, 2.45) is 5.73 Å². The summed E-state index contributed by atoms with van der Waals surface area (Å²) in [6.45, 7) is 16.4. The first kappa shape index (κ1) is 21.5. The number of carbonyl (C=O) groups is 1. The fraction of sp³-hybridized carbons (Fsp3) is 0.667. The zero-order valence-corrected chi connectivity index (χ0v) is 17.3. The van der Waals surface area contributed by atoms with Crippen molar-refractivity contribution in [1.29, 1.82) is 0 Å². The van der Waals surface area contributed by atoms with Crippen LogP contribution in [0.15, 0.2) is 6.07 Å². The van der Waals surface area contributed by atoms with Gasteiger partial charge in [-0.1, -0.05) is 47.6 Å². The highest BCUT2D eigenvalue weighted by Gasteiger charge is 2.30. The molecule has 1 aromatic carbocycles. The fourth-order valence-electron chi connectivity index (χ4n) is 3.23. The summed E-state index contributed by atoms with van der Waals surface area (Å²) < 4.78 is 5.84. The predicted molar refractivity (Wildman–Crippen MR) is 106 cm³/mol. The number of hydrogen-bond donors (Lipinski definition) is 2. The van der Waals surface area contributed by atoms with Crippen LogP contribution in [0.25, 0.3) is 0 Å². The van der Waals surface area contributed by atoms with Gasteiger partial charge in [-0.25, -0.2) is 0 Å². The highest BCUT2D eigenvalue weighted by Crippen LogP contribution is 2.43. The molecule has 3 N–H and O–H groups in total. The van der Waals surface area contributed by atoms with Gasteiger partial charge in [-0.3, -0.25) is 4.79 Å². The molecule has 0 atom stereocenters. The molecule has 0 aliphatic heterocycles. The molecule has 1 rings (SSSR count). The van der Waals surface area contributed by atoms with Crippen LogP contribution in [0.3, 0.4) is 0 Å². The van der Waals surface area contributed by atoms with E-state index in [4.69, 9.17) is 10.5 Å². The molecular weight excluding hydrogens is 312 g/mol. The van der Waals surface area contributed by atoms with Gasteiger partial charge in [-0.15, -0.1) is 0 Å². The van der Waals surface area contributed by atoms with E-state index >= 15 is 0 Å². The lowest BCUT2D eigenvalue weighted by molar-refractivity contribution is -0.120. The van der Waals surface area contributed by atoms with Crippen LogP contribution in [0.2, 0.25) is 0 Å². The average Bonchev–Trinajstić information content (AvgIpc) is 2.46. The van der Waals surface area contributed by atoms with Gasteiger partial charge in [0.05, 0.1) is 13.5 Å². The number of methoxy groups -OCH3 is 1. The van der Waals surface area contributed by atoms with Crippen LogP contribution >= 0.6 is 0 Å². The number of benzene rings is 1. The Balaban J connectivity index is 3.42. The van der Waals surface area contributed by atoms with Gasteiger partial charge in [0.15, 0.2) is 0 Å². The third kappa shape index (κ3) is 5.46. The third-order valence-corrected chi connectivity index (χ3v) is 4.46. The molecule has 0 fully saturated rings. The lowest BCUT2D eigenvalue weighted by Gasteiger charge is -2.32. The van der Waals surface area contributed by atoms with Crippen molar-refractivity contribution in [3.05, 3.63) is 28.3 Å². The standard InChI is InChI=1S/C21H36N2O2/c1-14-15(13-17(24)23-11-9-10-22)12-16(20(2,3)4)19(25-8)18(14)21(5,6)7/h12H,9-11,13,22H2,1-8H3,(H,23,24). The maximum atomic E-state index is 12.3. The number of carbonyl (C=O) groups excluding carboxylic acids is 1. The molecule has 0 aliphatic rings. The smallest absolute Gasteiger partial charge is 0.224 e.